The third-order valence-corrected chi connectivity index (χ3v) is 5.33. The molecule has 0 aliphatic carbocycles. The summed E-state index contributed by atoms with van der Waals surface area (Å²) in [5.74, 6) is -0.154. The number of nitrogens with zero attached hydrogens (tertiary/aromatic N) is 3. The monoisotopic (exact) mass is 394 g/mol. The molecule has 0 aliphatic rings. The highest BCUT2D eigenvalue weighted by Gasteiger charge is 2.18. The molecule has 0 spiro atoms. The van der Waals surface area contributed by atoms with Gasteiger partial charge in [0.15, 0.2) is 0 Å². The van der Waals surface area contributed by atoms with Crippen LogP contribution in [0.25, 0.3) is 16.9 Å². The number of hydrogen-bond acceptors (Lipinski definition) is 3. The van der Waals surface area contributed by atoms with Gasteiger partial charge >= 0.3 is 0 Å². The van der Waals surface area contributed by atoms with Gasteiger partial charge in [0.25, 0.3) is 0 Å². The summed E-state index contributed by atoms with van der Waals surface area (Å²) in [6.45, 7) is 6.18. The van der Waals surface area contributed by atoms with E-state index in [-0.39, 0.29) is 12.3 Å². The Morgan fingerprint density at radius 2 is 1.87 bits per heavy atom. The first kappa shape index (κ1) is 19.4. The Hall–Kier alpha value is -3.91. The Morgan fingerprint density at radius 1 is 1.03 bits per heavy atom. The maximum atomic E-state index is 12.9. The van der Waals surface area contributed by atoms with Gasteiger partial charge in [-0.05, 0) is 67.8 Å². The number of pyridine rings is 1. The summed E-state index contributed by atoms with van der Waals surface area (Å²) in [4.78, 5) is 17.8. The molecule has 0 saturated heterocycles. The van der Waals surface area contributed by atoms with E-state index in [0.29, 0.717) is 11.3 Å². The topological polar surface area (TPSA) is 70.2 Å². The zero-order valence-electron chi connectivity index (χ0n) is 17.2. The average Bonchev–Trinajstić information content (AvgIpc) is 3.10. The van der Waals surface area contributed by atoms with Crippen molar-refractivity contribution in [3.05, 3.63) is 88.7 Å². The summed E-state index contributed by atoms with van der Waals surface area (Å²) in [5, 5.41) is 12.0. The Labute approximate surface area is 175 Å². The van der Waals surface area contributed by atoms with Gasteiger partial charge in [0.1, 0.15) is 5.65 Å². The van der Waals surface area contributed by atoms with E-state index in [4.69, 9.17) is 10.2 Å². The lowest BCUT2D eigenvalue weighted by atomic mass is 10.0. The van der Waals surface area contributed by atoms with Crippen molar-refractivity contribution in [2.45, 2.75) is 27.2 Å². The molecule has 0 atom stereocenters. The van der Waals surface area contributed by atoms with Gasteiger partial charge in [-0.1, -0.05) is 24.3 Å². The smallest absolute Gasteiger partial charge is 0.230 e. The number of aromatic nitrogens is 2. The van der Waals surface area contributed by atoms with Crippen LogP contribution in [0.1, 0.15) is 27.9 Å². The van der Waals surface area contributed by atoms with E-state index in [1.165, 1.54) is 11.1 Å². The first-order valence-corrected chi connectivity index (χ1v) is 9.80. The highest BCUT2D eigenvalue weighted by Crippen LogP contribution is 2.28. The van der Waals surface area contributed by atoms with E-state index in [9.17, 15) is 4.79 Å². The molecule has 4 rings (SSSR count). The standard InChI is InChI=1S/C25H22N4O/c1-16-9-10-20(12-18(16)3)24-22(29-11-5-6-17(2)25(29)28-24)14-23(30)27-21-8-4-7-19(13-21)15-26/h4-13H,14H2,1-3H3,(H,27,30). The number of imidazole rings is 1. The van der Waals surface area contributed by atoms with E-state index in [0.717, 1.165) is 28.2 Å². The summed E-state index contributed by atoms with van der Waals surface area (Å²) in [5.41, 5.74) is 8.07. The SMILES string of the molecule is Cc1ccc(-c2nc3c(C)cccn3c2CC(=O)Nc2cccc(C#N)c2)cc1C. The molecule has 0 fully saturated rings. The highest BCUT2D eigenvalue weighted by atomic mass is 16.1. The lowest BCUT2D eigenvalue weighted by molar-refractivity contribution is -0.115. The Bertz CT molecular complexity index is 1310. The van der Waals surface area contributed by atoms with Crippen LogP contribution in [0.2, 0.25) is 0 Å². The van der Waals surface area contributed by atoms with Gasteiger partial charge in [-0.15, -0.1) is 0 Å². The summed E-state index contributed by atoms with van der Waals surface area (Å²) >= 11 is 0. The number of carbonyl (C=O) groups excluding carboxylic acids is 1. The van der Waals surface area contributed by atoms with Crippen LogP contribution in [0.5, 0.6) is 0 Å². The fraction of sp³-hybridized carbons (Fsp3) is 0.160. The number of benzene rings is 2. The number of aryl methyl sites for hydroxylation is 3. The second-order valence-corrected chi connectivity index (χ2v) is 7.51. The summed E-state index contributed by atoms with van der Waals surface area (Å²) in [6.07, 6.45) is 2.11. The van der Waals surface area contributed by atoms with Crippen molar-refractivity contribution < 1.29 is 4.79 Å². The van der Waals surface area contributed by atoms with E-state index in [1.54, 1.807) is 24.3 Å². The zero-order valence-corrected chi connectivity index (χ0v) is 17.2. The number of hydrogen-bond donors (Lipinski definition) is 1. The van der Waals surface area contributed by atoms with Gasteiger partial charge in [-0.3, -0.25) is 4.79 Å². The number of nitriles is 1. The molecule has 5 nitrogen and oxygen atoms in total. The molecule has 30 heavy (non-hydrogen) atoms. The maximum Gasteiger partial charge on any atom is 0.230 e. The lowest BCUT2D eigenvalue weighted by Crippen LogP contribution is -2.16. The van der Waals surface area contributed by atoms with Crippen molar-refractivity contribution >= 4 is 17.2 Å². The van der Waals surface area contributed by atoms with Crippen molar-refractivity contribution in [1.29, 1.82) is 5.26 Å². The molecule has 0 radical (unpaired) electrons. The summed E-state index contributed by atoms with van der Waals surface area (Å²) < 4.78 is 1.99. The van der Waals surface area contributed by atoms with Crippen molar-refractivity contribution in [2.75, 3.05) is 5.32 Å². The van der Waals surface area contributed by atoms with Crippen LogP contribution in [0.3, 0.4) is 0 Å². The normalized spacial score (nSPS) is 10.7. The van der Waals surface area contributed by atoms with Crippen LogP contribution < -0.4 is 5.32 Å². The molecule has 4 aromatic rings. The molecule has 148 valence electrons. The molecule has 0 unspecified atom stereocenters. The second-order valence-electron chi connectivity index (χ2n) is 7.51. The predicted octanol–water partition coefficient (Wildman–Crippen LogP) is 4.98. The average molecular weight is 394 g/mol. The third kappa shape index (κ3) is 3.68. The molecule has 0 aliphatic heterocycles. The fourth-order valence-corrected chi connectivity index (χ4v) is 3.57. The predicted molar refractivity (Wildman–Crippen MR) is 118 cm³/mol. The highest BCUT2D eigenvalue weighted by molar-refractivity contribution is 5.93. The van der Waals surface area contributed by atoms with Crippen LogP contribution in [-0.2, 0) is 11.2 Å². The number of amides is 1. The number of rotatable bonds is 4. The van der Waals surface area contributed by atoms with E-state index in [2.05, 4.69) is 43.4 Å². The minimum Gasteiger partial charge on any atom is -0.326 e. The van der Waals surface area contributed by atoms with Crippen molar-refractivity contribution in [2.24, 2.45) is 0 Å². The Morgan fingerprint density at radius 3 is 2.63 bits per heavy atom. The molecule has 1 N–H and O–H groups in total. The number of carbonyl (C=O) groups is 1. The maximum absolute atomic E-state index is 12.9. The molecule has 2 aromatic carbocycles. The van der Waals surface area contributed by atoms with Crippen LogP contribution >= 0.6 is 0 Å². The minimum absolute atomic E-state index is 0.154. The van der Waals surface area contributed by atoms with Crippen molar-refractivity contribution in [1.82, 2.24) is 9.38 Å². The second kappa shape index (κ2) is 7.84. The third-order valence-electron chi connectivity index (χ3n) is 5.33. The minimum atomic E-state index is -0.154. The lowest BCUT2D eigenvalue weighted by Gasteiger charge is -2.09. The van der Waals surface area contributed by atoms with Gasteiger partial charge in [-0.2, -0.15) is 5.26 Å². The van der Waals surface area contributed by atoms with Gasteiger partial charge in [0.05, 0.1) is 29.4 Å². The van der Waals surface area contributed by atoms with Crippen LogP contribution in [-0.4, -0.2) is 15.3 Å². The van der Waals surface area contributed by atoms with Gasteiger partial charge in [0, 0.05) is 17.4 Å². The molecule has 2 heterocycles. The van der Waals surface area contributed by atoms with Gasteiger partial charge in [0.2, 0.25) is 5.91 Å². The zero-order chi connectivity index (χ0) is 21.3. The molecular formula is C25H22N4O. The summed E-state index contributed by atoms with van der Waals surface area (Å²) in [6, 6.07) is 19.2. The number of nitrogens with one attached hydrogen (secondary N) is 1. The van der Waals surface area contributed by atoms with E-state index < -0.39 is 0 Å². The molecular weight excluding hydrogens is 372 g/mol. The first-order valence-electron chi connectivity index (χ1n) is 9.80. The van der Waals surface area contributed by atoms with Crippen LogP contribution in [0.15, 0.2) is 60.8 Å². The quantitative estimate of drug-likeness (QED) is 0.531. The van der Waals surface area contributed by atoms with E-state index >= 15 is 0 Å². The molecule has 1 amide bonds. The first-order chi connectivity index (χ1) is 14.5. The van der Waals surface area contributed by atoms with Crippen LogP contribution in [0.4, 0.5) is 5.69 Å². The Kier molecular flexibility index (Phi) is 5.07. The molecule has 0 bridgehead atoms. The summed E-state index contributed by atoms with van der Waals surface area (Å²) in [7, 11) is 0. The van der Waals surface area contributed by atoms with E-state index in [1.807, 2.05) is 29.7 Å². The Balaban J connectivity index is 1.75. The fourth-order valence-electron chi connectivity index (χ4n) is 3.57. The number of anilines is 1. The molecule has 0 saturated carbocycles. The largest absolute Gasteiger partial charge is 0.326 e. The van der Waals surface area contributed by atoms with Gasteiger partial charge < -0.3 is 9.72 Å². The van der Waals surface area contributed by atoms with Crippen LogP contribution in [0, 0.1) is 32.1 Å². The van der Waals surface area contributed by atoms with Crippen molar-refractivity contribution in [3.8, 4) is 17.3 Å². The number of fused-ring (bicyclic) bond motifs is 1. The van der Waals surface area contributed by atoms with Gasteiger partial charge in [-0.25, -0.2) is 4.98 Å². The molecule has 2 aromatic heterocycles. The molecule has 5 heteroatoms. The van der Waals surface area contributed by atoms with Crippen molar-refractivity contribution in [3.63, 3.8) is 0 Å².